The average molecular weight is 460 g/mol. The number of hydrogen-bond acceptors (Lipinski definition) is 5. The van der Waals surface area contributed by atoms with E-state index in [1.54, 1.807) is 12.1 Å². The summed E-state index contributed by atoms with van der Waals surface area (Å²) in [6, 6.07) is 18.1. The molecular weight excluding hydrogens is 438 g/mol. The second-order valence-corrected chi connectivity index (χ2v) is 9.64. The smallest absolute Gasteiger partial charge is 0.337 e. The molecule has 3 aromatic rings. The Morgan fingerprint density at radius 3 is 2.48 bits per heavy atom. The summed E-state index contributed by atoms with van der Waals surface area (Å²) in [6.07, 6.45) is 0. The van der Waals surface area contributed by atoms with E-state index in [2.05, 4.69) is 5.32 Å². The molecule has 0 bridgehead atoms. The molecule has 8 heteroatoms. The normalized spacial score (nSPS) is 19.3. The molecule has 33 heavy (non-hydrogen) atoms. The molecule has 3 aromatic carbocycles. The maximum Gasteiger partial charge on any atom is 0.337 e. The van der Waals surface area contributed by atoms with Crippen LogP contribution >= 0.6 is 11.1 Å². The van der Waals surface area contributed by atoms with E-state index in [1.165, 1.54) is 7.11 Å². The van der Waals surface area contributed by atoms with Gasteiger partial charge in [-0.15, -0.1) is 11.1 Å². The van der Waals surface area contributed by atoms with Crippen LogP contribution in [0.2, 0.25) is 0 Å². The van der Waals surface area contributed by atoms with E-state index in [0.717, 1.165) is 26.5 Å². The molecule has 3 N–H and O–H groups in total. The number of primary amides is 1. The maximum absolute atomic E-state index is 13.0. The van der Waals surface area contributed by atoms with Gasteiger partial charge in [0.2, 0.25) is 0 Å². The number of ether oxygens (including phenoxy) is 1. The number of amides is 2. The van der Waals surface area contributed by atoms with Crippen LogP contribution in [0.25, 0.3) is 0 Å². The first-order valence-electron chi connectivity index (χ1n) is 10.3. The minimum atomic E-state index is -1.44. The highest BCUT2D eigenvalue weighted by atomic mass is 32.2. The van der Waals surface area contributed by atoms with Gasteiger partial charge in [0.1, 0.15) is 5.71 Å². The molecule has 0 aliphatic carbocycles. The fraction of sp³-hybridized carbons (Fsp3) is 0.120. The van der Waals surface area contributed by atoms with Crippen LogP contribution in [0.4, 0.5) is 0 Å². The van der Waals surface area contributed by atoms with Gasteiger partial charge in [-0.25, -0.2) is 9.19 Å². The van der Waals surface area contributed by atoms with Crippen LogP contribution in [-0.2, 0) is 9.53 Å². The Morgan fingerprint density at radius 1 is 1.03 bits per heavy atom. The monoisotopic (exact) mass is 459 g/mol. The van der Waals surface area contributed by atoms with Gasteiger partial charge in [0.25, 0.3) is 11.8 Å². The molecule has 166 valence electrons. The highest BCUT2D eigenvalue weighted by molar-refractivity contribution is 8.16. The number of carbonyl (C=O) groups excluding carboxylic acids is 3. The summed E-state index contributed by atoms with van der Waals surface area (Å²) in [5.74, 6) is -1.43. The zero-order valence-electron chi connectivity index (χ0n) is 18.0. The highest BCUT2D eigenvalue weighted by Gasteiger charge is 2.38. The first-order chi connectivity index (χ1) is 15.9. The van der Waals surface area contributed by atoms with Gasteiger partial charge in [0, 0.05) is 26.5 Å². The first kappa shape index (κ1) is 21.0. The van der Waals surface area contributed by atoms with Crippen LogP contribution in [0, 0.1) is 6.92 Å². The fourth-order valence-electron chi connectivity index (χ4n) is 4.40. The standard InChI is InChI=1S/C25H21N3O4S/c1-13-7-3-4-8-15(13)21-20-17(24(30)27-21)11-14(25(31)32-2)12-19(20)33-18-10-6-5-9-16(18)22(28-33)23(26)29/h3-12,21,33H,1-2H3,(H2,26,29)(H,27,30). The van der Waals surface area contributed by atoms with Crippen LogP contribution < -0.4 is 11.1 Å². The van der Waals surface area contributed by atoms with Gasteiger partial charge in [0.15, 0.2) is 0 Å². The van der Waals surface area contributed by atoms with Crippen LogP contribution in [0.5, 0.6) is 0 Å². The molecule has 5 rings (SSSR count). The van der Waals surface area contributed by atoms with Crippen molar-refractivity contribution in [2.24, 2.45) is 10.1 Å². The summed E-state index contributed by atoms with van der Waals surface area (Å²) < 4.78 is 9.66. The van der Waals surface area contributed by atoms with Crippen LogP contribution in [0.15, 0.2) is 74.9 Å². The molecule has 2 unspecified atom stereocenters. The molecule has 2 aliphatic rings. The Morgan fingerprint density at radius 2 is 1.76 bits per heavy atom. The lowest BCUT2D eigenvalue weighted by Gasteiger charge is -2.23. The molecule has 2 amide bonds. The molecular formula is C25H21N3O4S. The summed E-state index contributed by atoms with van der Waals surface area (Å²) in [6.45, 7) is 1.99. The van der Waals surface area contributed by atoms with Crippen molar-refractivity contribution in [1.29, 1.82) is 0 Å². The third-order valence-electron chi connectivity index (χ3n) is 5.94. The van der Waals surface area contributed by atoms with Gasteiger partial charge in [-0.3, -0.25) is 9.59 Å². The van der Waals surface area contributed by atoms with Crippen LogP contribution in [-0.4, -0.2) is 30.6 Å². The second-order valence-electron chi connectivity index (χ2n) is 7.85. The van der Waals surface area contributed by atoms with Crippen molar-refractivity contribution in [3.05, 3.63) is 94.0 Å². The van der Waals surface area contributed by atoms with E-state index in [1.807, 2.05) is 55.5 Å². The third-order valence-corrected chi connectivity index (χ3v) is 8.01. The Labute approximate surface area is 193 Å². The van der Waals surface area contributed by atoms with Crippen molar-refractivity contribution in [2.45, 2.75) is 22.8 Å². The summed E-state index contributed by atoms with van der Waals surface area (Å²) in [5.41, 5.74) is 9.92. The summed E-state index contributed by atoms with van der Waals surface area (Å²) in [5, 5.41) is 3.06. The molecule has 0 aromatic heterocycles. The van der Waals surface area contributed by atoms with E-state index >= 15 is 0 Å². The number of nitrogens with zero attached hydrogens (tertiary/aromatic N) is 1. The highest BCUT2D eigenvalue weighted by Crippen LogP contribution is 2.56. The number of fused-ring (bicyclic) bond motifs is 2. The zero-order valence-corrected chi connectivity index (χ0v) is 18.9. The van der Waals surface area contributed by atoms with Crippen molar-refractivity contribution >= 4 is 34.6 Å². The van der Waals surface area contributed by atoms with Crippen molar-refractivity contribution in [3.63, 3.8) is 0 Å². The number of nitrogens with one attached hydrogen (secondary N) is 1. The SMILES string of the molecule is COC(=O)c1cc2c(c([SH]3N=C(C(N)=O)c4ccccc43)c1)C(c1ccccc1C)NC2=O. The van der Waals surface area contributed by atoms with Crippen LogP contribution in [0.1, 0.15) is 49.0 Å². The summed E-state index contributed by atoms with van der Waals surface area (Å²) in [7, 11) is 1.30. The molecule has 0 fully saturated rings. The number of methoxy groups -OCH3 is 1. The molecule has 2 heterocycles. The minimum absolute atomic E-state index is 0.207. The zero-order chi connectivity index (χ0) is 23.3. The lowest BCUT2D eigenvalue weighted by atomic mass is 9.94. The van der Waals surface area contributed by atoms with Gasteiger partial charge >= 0.3 is 5.97 Å². The van der Waals surface area contributed by atoms with E-state index in [4.69, 9.17) is 14.9 Å². The Balaban J connectivity index is 1.80. The van der Waals surface area contributed by atoms with Crippen molar-refractivity contribution in [2.75, 3.05) is 7.11 Å². The van der Waals surface area contributed by atoms with E-state index in [-0.39, 0.29) is 17.2 Å². The lowest BCUT2D eigenvalue weighted by Crippen LogP contribution is -2.22. The quantitative estimate of drug-likeness (QED) is 0.411. The number of aryl methyl sites for hydroxylation is 1. The van der Waals surface area contributed by atoms with Gasteiger partial charge in [-0.05, 0) is 36.2 Å². The van der Waals surface area contributed by atoms with E-state index < -0.39 is 29.0 Å². The number of esters is 1. The van der Waals surface area contributed by atoms with Crippen molar-refractivity contribution in [3.8, 4) is 0 Å². The molecule has 0 saturated heterocycles. The Hall–Kier alpha value is -3.91. The van der Waals surface area contributed by atoms with Crippen LogP contribution in [0.3, 0.4) is 0 Å². The number of rotatable bonds is 4. The van der Waals surface area contributed by atoms with Crippen molar-refractivity contribution in [1.82, 2.24) is 5.32 Å². The Kier molecular flexibility index (Phi) is 5.02. The summed E-state index contributed by atoms with van der Waals surface area (Å²) in [4.78, 5) is 39.2. The predicted molar refractivity (Wildman–Crippen MR) is 126 cm³/mol. The largest absolute Gasteiger partial charge is 0.465 e. The van der Waals surface area contributed by atoms with E-state index in [0.29, 0.717) is 11.1 Å². The van der Waals surface area contributed by atoms with Crippen molar-refractivity contribution < 1.29 is 19.1 Å². The van der Waals surface area contributed by atoms with E-state index in [9.17, 15) is 14.4 Å². The van der Waals surface area contributed by atoms with Gasteiger partial charge in [0.05, 0.1) is 18.7 Å². The predicted octanol–water partition coefficient (Wildman–Crippen LogP) is 3.24. The van der Waals surface area contributed by atoms with Gasteiger partial charge in [-0.1, -0.05) is 42.5 Å². The first-order valence-corrected chi connectivity index (χ1v) is 11.6. The van der Waals surface area contributed by atoms with Gasteiger partial charge in [-0.2, -0.15) is 0 Å². The maximum atomic E-state index is 13.0. The lowest BCUT2D eigenvalue weighted by molar-refractivity contribution is -0.111. The molecule has 0 radical (unpaired) electrons. The summed E-state index contributed by atoms with van der Waals surface area (Å²) >= 11 is -1.44. The molecule has 0 saturated carbocycles. The number of thiol groups is 1. The number of hydrogen-bond donors (Lipinski definition) is 3. The minimum Gasteiger partial charge on any atom is -0.465 e. The third kappa shape index (κ3) is 3.30. The van der Waals surface area contributed by atoms with Gasteiger partial charge < -0.3 is 15.8 Å². The number of carbonyl (C=O) groups is 3. The number of benzene rings is 3. The topological polar surface area (TPSA) is 111 Å². The molecule has 7 nitrogen and oxygen atoms in total. The second kappa shape index (κ2) is 7.90. The molecule has 2 atom stereocenters. The fourth-order valence-corrected chi connectivity index (χ4v) is 6.65. The molecule has 2 aliphatic heterocycles. The Bertz CT molecular complexity index is 1380. The number of nitrogens with two attached hydrogens (primary N) is 1. The average Bonchev–Trinajstić information content (AvgIpc) is 3.37. The molecule has 0 spiro atoms.